The van der Waals surface area contributed by atoms with Crippen LogP contribution in [0.2, 0.25) is 10.2 Å². The van der Waals surface area contributed by atoms with Gasteiger partial charge in [-0.3, -0.25) is 10.1 Å². The van der Waals surface area contributed by atoms with E-state index in [0.29, 0.717) is 21.8 Å². The van der Waals surface area contributed by atoms with Gasteiger partial charge < -0.3 is 14.7 Å². The number of pyridine rings is 1. The van der Waals surface area contributed by atoms with Crippen molar-refractivity contribution in [1.29, 1.82) is 0 Å². The lowest BCUT2D eigenvalue weighted by Crippen LogP contribution is -1.95. The van der Waals surface area contributed by atoms with Crippen molar-refractivity contribution in [3.8, 4) is 34.3 Å². The molecule has 0 aliphatic carbocycles. The van der Waals surface area contributed by atoms with Gasteiger partial charge in [0.15, 0.2) is 5.75 Å². The van der Waals surface area contributed by atoms with Crippen LogP contribution in [0, 0.1) is 24.0 Å². The molecule has 11 heteroatoms. The lowest BCUT2D eigenvalue weighted by Gasteiger charge is -2.07. The van der Waals surface area contributed by atoms with Crippen LogP contribution >= 0.6 is 23.2 Å². The Morgan fingerprint density at radius 1 is 1.19 bits per heavy atom. The molecule has 3 rings (SSSR count). The van der Waals surface area contributed by atoms with E-state index in [9.17, 15) is 20.3 Å². The summed E-state index contributed by atoms with van der Waals surface area (Å²) in [5.41, 5.74) is 0.839. The summed E-state index contributed by atoms with van der Waals surface area (Å²) in [6, 6.07) is 2.07. The minimum Gasteiger partial charge on any atom is -0.504 e. The summed E-state index contributed by atoms with van der Waals surface area (Å²) in [5, 5.41) is 34.5. The standard InChI is InChI=1S/C15H10Cl2N4O5/c1-5-10(13(17)18-6(2)11(5)16)14-19-15(26-20-14)7-3-8(21(24)25)12(23)9(22)4-7/h3-4,22-23H,1-2H3. The molecule has 0 amide bonds. The molecule has 0 radical (unpaired) electrons. The van der Waals surface area contributed by atoms with Crippen LogP contribution in [0.15, 0.2) is 16.7 Å². The van der Waals surface area contributed by atoms with Crippen molar-refractivity contribution < 1.29 is 19.7 Å². The summed E-state index contributed by atoms with van der Waals surface area (Å²) in [7, 11) is 0. The van der Waals surface area contributed by atoms with Gasteiger partial charge in [-0.15, -0.1) is 0 Å². The molecule has 0 bridgehead atoms. The fraction of sp³-hybridized carbons (Fsp3) is 0.133. The highest BCUT2D eigenvalue weighted by atomic mass is 35.5. The van der Waals surface area contributed by atoms with E-state index in [0.717, 1.165) is 12.1 Å². The molecule has 0 aliphatic heterocycles. The summed E-state index contributed by atoms with van der Waals surface area (Å²) in [5.74, 6) is -1.59. The summed E-state index contributed by atoms with van der Waals surface area (Å²) in [4.78, 5) is 18.4. The zero-order valence-electron chi connectivity index (χ0n) is 13.3. The molecule has 1 aromatic carbocycles. The van der Waals surface area contributed by atoms with Crippen molar-refractivity contribution in [3.63, 3.8) is 0 Å². The first kappa shape index (κ1) is 17.9. The average Bonchev–Trinajstić information content (AvgIpc) is 3.04. The van der Waals surface area contributed by atoms with Gasteiger partial charge in [0.05, 0.1) is 26.8 Å². The number of rotatable bonds is 3. The number of hydrogen-bond acceptors (Lipinski definition) is 8. The number of aromatic hydroxyl groups is 2. The second-order valence-electron chi connectivity index (χ2n) is 5.35. The average molecular weight is 397 g/mol. The molecule has 9 nitrogen and oxygen atoms in total. The zero-order chi connectivity index (χ0) is 19.2. The maximum absolute atomic E-state index is 11.0. The van der Waals surface area contributed by atoms with E-state index in [1.807, 2.05) is 0 Å². The number of nitrogens with zero attached hydrogens (tertiary/aromatic N) is 4. The van der Waals surface area contributed by atoms with Gasteiger partial charge in [0.2, 0.25) is 11.6 Å². The van der Waals surface area contributed by atoms with E-state index in [4.69, 9.17) is 27.7 Å². The van der Waals surface area contributed by atoms with Crippen LogP contribution in [0.3, 0.4) is 0 Å². The van der Waals surface area contributed by atoms with Gasteiger partial charge in [-0.25, -0.2) is 4.98 Å². The Balaban J connectivity index is 2.13. The van der Waals surface area contributed by atoms with Crippen LogP contribution in [-0.4, -0.2) is 30.3 Å². The third kappa shape index (κ3) is 2.91. The van der Waals surface area contributed by atoms with E-state index < -0.39 is 22.1 Å². The van der Waals surface area contributed by atoms with Gasteiger partial charge in [-0.1, -0.05) is 28.4 Å². The number of phenolic OH excluding ortho intramolecular Hbond substituents is 2. The van der Waals surface area contributed by atoms with Gasteiger partial charge in [0.25, 0.3) is 5.89 Å². The summed E-state index contributed by atoms with van der Waals surface area (Å²) >= 11 is 12.3. The smallest absolute Gasteiger partial charge is 0.315 e. The summed E-state index contributed by atoms with van der Waals surface area (Å²) < 4.78 is 5.11. The lowest BCUT2D eigenvalue weighted by molar-refractivity contribution is -0.385. The van der Waals surface area contributed by atoms with Crippen molar-refractivity contribution >= 4 is 28.9 Å². The third-order valence-electron chi connectivity index (χ3n) is 3.66. The normalized spacial score (nSPS) is 10.9. The second kappa shape index (κ2) is 6.43. The lowest BCUT2D eigenvalue weighted by atomic mass is 10.1. The first-order chi connectivity index (χ1) is 12.2. The van der Waals surface area contributed by atoms with E-state index in [-0.39, 0.29) is 22.4 Å². The molecular formula is C15H10Cl2N4O5. The quantitative estimate of drug-likeness (QED) is 0.293. The minimum absolute atomic E-state index is 0.0469. The fourth-order valence-electron chi connectivity index (χ4n) is 2.36. The molecule has 0 spiro atoms. The van der Waals surface area contributed by atoms with Crippen LogP contribution < -0.4 is 0 Å². The molecule has 2 N–H and O–H groups in total. The molecule has 0 fully saturated rings. The first-order valence-electron chi connectivity index (χ1n) is 7.07. The van der Waals surface area contributed by atoms with Gasteiger partial charge in [0, 0.05) is 6.07 Å². The molecule has 2 heterocycles. The van der Waals surface area contributed by atoms with Crippen molar-refractivity contribution in [1.82, 2.24) is 15.1 Å². The maximum Gasteiger partial charge on any atom is 0.315 e. The molecule has 0 atom stereocenters. The van der Waals surface area contributed by atoms with Crippen molar-refractivity contribution in [2.24, 2.45) is 0 Å². The second-order valence-corrected chi connectivity index (χ2v) is 6.08. The molecule has 0 saturated heterocycles. The predicted molar refractivity (Wildman–Crippen MR) is 92.4 cm³/mol. The molecule has 3 aromatic rings. The van der Waals surface area contributed by atoms with Crippen LogP contribution in [0.1, 0.15) is 11.3 Å². The minimum atomic E-state index is -0.855. The molecule has 0 unspecified atom stereocenters. The van der Waals surface area contributed by atoms with E-state index in [2.05, 4.69) is 15.1 Å². The van der Waals surface area contributed by atoms with E-state index in [1.54, 1.807) is 13.8 Å². The van der Waals surface area contributed by atoms with Crippen LogP contribution in [-0.2, 0) is 0 Å². The molecule has 2 aromatic heterocycles. The Labute approximate surface area is 156 Å². The van der Waals surface area contributed by atoms with Crippen molar-refractivity contribution in [2.75, 3.05) is 0 Å². The Morgan fingerprint density at radius 3 is 2.54 bits per heavy atom. The number of benzene rings is 1. The Bertz CT molecular complexity index is 1050. The Kier molecular flexibility index (Phi) is 4.43. The maximum atomic E-state index is 11.0. The SMILES string of the molecule is Cc1nc(Cl)c(-c2noc(-c3cc(O)c(O)c([N+](=O)[O-])c3)n2)c(C)c1Cl. The topological polar surface area (TPSA) is 135 Å². The van der Waals surface area contributed by atoms with Gasteiger partial charge in [0.1, 0.15) is 5.15 Å². The predicted octanol–water partition coefficient (Wildman–Crippen LogP) is 4.04. The molecule has 134 valence electrons. The largest absolute Gasteiger partial charge is 0.504 e. The fourth-order valence-corrected chi connectivity index (χ4v) is 2.85. The Morgan fingerprint density at radius 2 is 1.88 bits per heavy atom. The monoisotopic (exact) mass is 396 g/mol. The Hall–Kier alpha value is -2.91. The first-order valence-corrected chi connectivity index (χ1v) is 7.83. The number of nitro groups is 1. The van der Waals surface area contributed by atoms with E-state index in [1.165, 1.54) is 0 Å². The molecular weight excluding hydrogens is 387 g/mol. The molecule has 0 saturated carbocycles. The van der Waals surface area contributed by atoms with Gasteiger partial charge in [-0.05, 0) is 25.5 Å². The van der Waals surface area contributed by atoms with E-state index >= 15 is 0 Å². The highest BCUT2D eigenvalue weighted by molar-refractivity contribution is 6.35. The summed E-state index contributed by atoms with van der Waals surface area (Å²) in [6.45, 7) is 3.41. The van der Waals surface area contributed by atoms with Crippen LogP contribution in [0.4, 0.5) is 5.69 Å². The molecule has 26 heavy (non-hydrogen) atoms. The number of halogens is 2. The number of aromatic nitrogens is 3. The third-order valence-corrected chi connectivity index (χ3v) is 4.49. The highest BCUT2D eigenvalue weighted by Gasteiger charge is 2.24. The summed E-state index contributed by atoms with van der Waals surface area (Å²) in [6.07, 6.45) is 0. The van der Waals surface area contributed by atoms with Gasteiger partial charge >= 0.3 is 5.69 Å². The van der Waals surface area contributed by atoms with Crippen molar-refractivity contribution in [3.05, 3.63) is 43.7 Å². The van der Waals surface area contributed by atoms with Crippen LogP contribution in [0.25, 0.3) is 22.8 Å². The van der Waals surface area contributed by atoms with Gasteiger partial charge in [-0.2, -0.15) is 4.98 Å². The highest BCUT2D eigenvalue weighted by Crippen LogP contribution is 2.40. The van der Waals surface area contributed by atoms with Crippen molar-refractivity contribution in [2.45, 2.75) is 13.8 Å². The number of nitro benzene ring substituents is 1. The van der Waals surface area contributed by atoms with Crippen LogP contribution in [0.5, 0.6) is 11.5 Å². The number of aryl methyl sites for hydroxylation is 1. The number of phenols is 2. The zero-order valence-corrected chi connectivity index (χ0v) is 14.8. The molecule has 0 aliphatic rings. The number of hydrogen-bond donors (Lipinski definition) is 2.